The van der Waals surface area contributed by atoms with Gasteiger partial charge in [0, 0.05) is 44.2 Å². The molecular formula is C22H28N2O. The molecule has 1 atom stereocenters. The molecule has 2 aromatic carbocycles. The Morgan fingerprint density at radius 2 is 1.76 bits per heavy atom. The van der Waals surface area contributed by atoms with Gasteiger partial charge in [-0.05, 0) is 34.2 Å². The Kier molecular flexibility index (Phi) is 4.40. The van der Waals surface area contributed by atoms with E-state index in [0.717, 1.165) is 32.6 Å². The van der Waals surface area contributed by atoms with Crippen molar-refractivity contribution in [3.63, 3.8) is 0 Å². The average Bonchev–Trinajstić information content (AvgIpc) is 3.00. The molecule has 1 fully saturated rings. The van der Waals surface area contributed by atoms with Crippen LogP contribution in [0.15, 0.2) is 42.5 Å². The summed E-state index contributed by atoms with van der Waals surface area (Å²) in [5.41, 5.74) is 6.77. The lowest BCUT2D eigenvalue weighted by Crippen LogP contribution is -2.49. The first-order chi connectivity index (χ1) is 12.1. The highest BCUT2D eigenvalue weighted by Crippen LogP contribution is 2.42. The van der Waals surface area contributed by atoms with Gasteiger partial charge >= 0.3 is 0 Å². The van der Waals surface area contributed by atoms with Crippen LogP contribution in [0.1, 0.15) is 36.6 Å². The summed E-state index contributed by atoms with van der Waals surface area (Å²) in [6.07, 6.45) is 1.02. The van der Waals surface area contributed by atoms with E-state index in [1.807, 2.05) is 0 Å². The first kappa shape index (κ1) is 16.8. The van der Waals surface area contributed by atoms with Crippen LogP contribution < -0.4 is 5.32 Å². The minimum Gasteiger partial charge on any atom is -0.396 e. The summed E-state index contributed by atoms with van der Waals surface area (Å²) in [4.78, 5) is 2.54. The van der Waals surface area contributed by atoms with Crippen LogP contribution in [0.3, 0.4) is 0 Å². The van der Waals surface area contributed by atoms with E-state index in [1.165, 1.54) is 27.8 Å². The summed E-state index contributed by atoms with van der Waals surface area (Å²) in [5, 5.41) is 13.5. The minimum atomic E-state index is -0.170. The van der Waals surface area contributed by atoms with E-state index in [4.69, 9.17) is 0 Å². The Hall–Kier alpha value is -1.68. The van der Waals surface area contributed by atoms with Crippen molar-refractivity contribution >= 4 is 0 Å². The quantitative estimate of drug-likeness (QED) is 0.768. The SMILES string of the molecule is CC(C)(CO)[C@H](c1ccc2c(c1)Cc1ccccc1-2)N1CCNCC1. The van der Waals surface area contributed by atoms with E-state index >= 15 is 0 Å². The maximum absolute atomic E-state index is 10.0. The molecule has 2 N–H and O–H groups in total. The van der Waals surface area contributed by atoms with Crippen molar-refractivity contribution in [3.05, 3.63) is 59.2 Å². The van der Waals surface area contributed by atoms with Crippen molar-refractivity contribution < 1.29 is 5.11 Å². The van der Waals surface area contributed by atoms with E-state index in [-0.39, 0.29) is 18.1 Å². The fraction of sp³-hybridized carbons (Fsp3) is 0.455. The molecule has 132 valence electrons. The highest BCUT2D eigenvalue weighted by Gasteiger charge is 2.36. The third kappa shape index (κ3) is 3.01. The van der Waals surface area contributed by atoms with E-state index < -0.39 is 0 Å². The fourth-order valence-corrected chi connectivity index (χ4v) is 4.52. The van der Waals surface area contributed by atoms with Crippen molar-refractivity contribution in [1.29, 1.82) is 0 Å². The Morgan fingerprint density at radius 1 is 1.04 bits per heavy atom. The molecule has 0 amide bonds. The predicted molar refractivity (Wildman–Crippen MR) is 103 cm³/mol. The van der Waals surface area contributed by atoms with Crippen molar-refractivity contribution in [1.82, 2.24) is 10.2 Å². The van der Waals surface area contributed by atoms with Crippen LogP contribution in [0.5, 0.6) is 0 Å². The molecule has 3 nitrogen and oxygen atoms in total. The Bertz CT molecular complexity index is 762. The molecule has 1 aliphatic heterocycles. The van der Waals surface area contributed by atoms with Crippen LogP contribution in [-0.4, -0.2) is 42.8 Å². The molecule has 1 saturated heterocycles. The van der Waals surface area contributed by atoms with Crippen molar-refractivity contribution in [2.45, 2.75) is 26.3 Å². The molecule has 0 bridgehead atoms. The van der Waals surface area contributed by atoms with Crippen LogP contribution in [0.2, 0.25) is 0 Å². The topological polar surface area (TPSA) is 35.5 Å². The molecule has 2 aliphatic rings. The van der Waals surface area contributed by atoms with Gasteiger partial charge in [-0.1, -0.05) is 56.3 Å². The molecule has 3 heteroatoms. The summed E-state index contributed by atoms with van der Waals surface area (Å²) in [7, 11) is 0. The van der Waals surface area contributed by atoms with Gasteiger partial charge < -0.3 is 10.4 Å². The second-order valence-electron chi connectivity index (χ2n) is 8.09. The van der Waals surface area contributed by atoms with Gasteiger partial charge in [-0.3, -0.25) is 4.90 Å². The molecule has 0 radical (unpaired) electrons. The second kappa shape index (κ2) is 6.56. The zero-order chi connectivity index (χ0) is 17.4. The predicted octanol–water partition coefficient (Wildman–Crippen LogP) is 3.22. The van der Waals surface area contributed by atoms with Crippen molar-refractivity contribution in [2.75, 3.05) is 32.8 Å². The third-order valence-corrected chi connectivity index (χ3v) is 5.80. The summed E-state index contributed by atoms with van der Waals surface area (Å²) in [6.45, 7) is 8.67. The van der Waals surface area contributed by atoms with Gasteiger partial charge in [0.05, 0.1) is 0 Å². The number of hydrogen-bond acceptors (Lipinski definition) is 3. The molecule has 0 aromatic heterocycles. The van der Waals surface area contributed by atoms with Gasteiger partial charge in [-0.25, -0.2) is 0 Å². The molecule has 4 rings (SSSR count). The van der Waals surface area contributed by atoms with Gasteiger partial charge in [-0.15, -0.1) is 0 Å². The lowest BCUT2D eigenvalue weighted by atomic mass is 9.79. The summed E-state index contributed by atoms with van der Waals surface area (Å²) < 4.78 is 0. The van der Waals surface area contributed by atoms with E-state index in [9.17, 15) is 5.11 Å². The molecule has 2 aromatic rings. The number of fused-ring (bicyclic) bond motifs is 3. The summed E-state index contributed by atoms with van der Waals surface area (Å²) in [5.74, 6) is 0. The number of benzene rings is 2. The largest absolute Gasteiger partial charge is 0.396 e. The second-order valence-corrected chi connectivity index (χ2v) is 8.09. The number of piperazine rings is 1. The zero-order valence-corrected chi connectivity index (χ0v) is 15.3. The summed E-state index contributed by atoms with van der Waals surface area (Å²) in [6, 6.07) is 15.9. The normalized spacial score (nSPS) is 18.7. The Morgan fingerprint density at radius 3 is 2.52 bits per heavy atom. The molecule has 1 heterocycles. The molecule has 0 saturated carbocycles. The smallest absolute Gasteiger partial charge is 0.0500 e. The van der Waals surface area contributed by atoms with Crippen LogP contribution in [0.25, 0.3) is 11.1 Å². The standard InChI is InChI=1S/C22H28N2O/c1-22(2,15-25)21(24-11-9-23-10-12-24)17-7-8-20-18(14-17)13-16-5-3-4-6-19(16)20/h3-8,14,21,23,25H,9-13,15H2,1-2H3/t21-/m0/s1. The number of aliphatic hydroxyl groups is 1. The molecule has 1 aliphatic carbocycles. The number of hydrogen-bond donors (Lipinski definition) is 2. The molecular weight excluding hydrogens is 308 g/mol. The first-order valence-corrected chi connectivity index (χ1v) is 9.37. The van der Waals surface area contributed by atoms with Gasteiger partial charge in [0.15, 0.2) is 0 Å². The van der Waals surface area contributed by atoms with E-state index in [1.54, 1.807) is 0 Å². The molecule has 25 heavy (non-hydrogen) atoms. The van der Waals surface area contributed by atoms with E-state index in [0.29, 0.717) is 0 Å². The highest BCUT2D eigenvalue weighted by atomic mass is 16.3. The maximum Gasteiger partial charge on any atom is 0.0500 e. The van der Waals surface area contributed by atoms with Crippen LogP contribution in [0.4, 0.5) is 0 Å². The van der Waals surface area contributed by atoms with E-state index in [2.05, 4.69) is 66.5 Å². The summed E-state index contributed by atoms with van der Waals surface area (Å²) >= 11 is 0. The average molecular weight is 336 g/mol. The van der Waals surface area contributed by atoms with Gasteiger partial charge in [0.25, 0.3) is 0 Å². The fourth-order valence-electron chi connectivity index (χ4n) is 4.52. The lowest BCUT2D eigenvalue weighted by molar-refractivity contribution is 0.0305. The van der Waals surface area contributed by atoms with Crippen molar-refractivity contribution in [3.8, 4) is 11.1 Å². The Balaban J connectivity index is 1.72. The Labute approximate surface area is 150 Å². The molecule has 0 unspecified atom stereocenters. The number of nitrogens with one attached hydrogen (secondary N) is 1. The number of rotatable bonds is 4. The lowest BCUT2D eigenvalue weighted by Gasteiger charge is -2.43. The highest BCUT2D eigenvalue weighted by molar-refractivity contribution is 5.77. The first-order valence-electron chi connectivity index (χ1n) is 9.37. The van der Waals surface area contributed by atoms with Crippen LogP contribution >= 0.6 is 0 Å². The maximum atomic E-state index is 10.0. The minimum absolute atomic E-state index is 0.170. The van der Waals surface area contributed by atoms with Crippen LogP contribution in [0, 0.1) is 5.41 Å². The number of nitrogens with zero attached hydrogens (tertiary/aromatic N) is 1. The van der Waals surface area contributed by atoms with Gasteiger partial charge in [0.1, 0.15) is 0 Å². The zero-order valence-electron chi connectivity index (χ0n) is 15.3. The van der Waals surface area contributed by atoms with Gasteiger partial charge in [-0.2, -0.15) is 0 Å². The monoisotopic (exact) mass is 336 g/mol. The van der Waals surface area contributed by atoms with Crippen molar-refractivity contribution in [2.24, 2.45) is 5.41 Å². The molecule has 0 spiro atoms. The van der Waals surface area contributed by atoms with Crippen LogP contribution in [-0.2, 0) is 6.42 Å². The van der Waals surface area contributed by atoms with Gasteiger partial charge in [0.2, 0.25) is 0 Å². The third-order valence-electron chi connectivity index (χ3n) is 5.80. The number of aliphatic hydroxyl groups excluding tert-OH is 1.